The van der Waals surface area contributed by atoms with Crippen LogP contribution in [-0.4, -0.2) is 17.8 Å². The van der Waals surface area contributed by atoms with Crippen LogP contribution in [0.3, 0.4) is 0 Å². The molecule has 1 rings (SSSR count). The lowest BCUT2D eigenvalue weighted by Gasteiger charge is -2.20. The molecule has 1 aromatic rings. The van der Waals surface area contributed by atoms with Crippen LogP contribution in [0.2, 0.25) is 0 Å². The van der Waals surface area contributed by atoms with Crippen LogP contribution < -0.4 is 4.90 Å². The number of rotatable bonds is 5. The number of hydrogen-bond donors (Lipinski definition) is 0. The van der Waals surface area contributed by atoms with Crippen molar-refractivity contribution in [2.75, 3.05) is 11.9 Å². The number of benzene rings is 1. The fourth-order valence-corrected chi connectivity index (χ4v) is 2.13. The lowest BCUT2D eigenvalue weighted by molar-refractivity contribution is -0.117. The smallest absolute Gasteiger partial charge is 0.240 e. The Labute approximate surface area is 106 Å². The minimum atomic E-state index is -0.0716. The Morgan fingerprint density at radius 3 is 2.56 bits per heavy atom. The summed E-state index contributed by atoms with van der Waals surface area (Å²) in [7, 11) is 1.82. The van der Waals surface area contributed by atoms with E-state index in [1.165, 1.54) is 0 Å². The van der Waals surface area contributed by atoms with E-state index >= 15 is 0 Å². The Hall–Kier alpha value is -0.830. The van der Waals surface area contributed by atoms with Crippen molar-refractivity contribution in [1.29, 1.82) is 0 Å². The summed E-state index contributed by atoms with van der Waals surface area (Å²) in [5.41, 5.74) is 0.938. The van der Waals surface area contributed by atoms with Gasteiger partial charge < -0.3 is 4.90 Å². The van der Waals surface area contributed by atoms with Crippen molar-refractivity contribution in [2.24, 2.45) is 0 Å². The van der Waals surface area contributed by atoms with E-state index < -0.39 is 0 Å². The molecule has 1 amide bonds. The summed E-state index contributed by atoms with van der Waals surface area (Å²) in [5, 5.41) is 0. The Bertz CT molecular complexity index is 326. The lowest BCUT2D eigenvalue weighted by Crippen LogP contribution is -2.33. The lowest BCUT2D eigenvalue weighted by atomic mass is 10.2. The van der Waals surface area contributed by atoms with Gasteiger partial charge in [-0.2, -0.15) is 0 Å². The highest BCUT2D eigenvalue weighted by molar-refractivity contribution is 9.10. The molecule has 2 nitrogen and oxygen atoms in total. The quantitative estimate of drug-likeness (QED) is 0.756. The second-order valence-electron chi connectivity index (χ2n) is 3.84. The van der Waals surface area contributed by atoms with Crippen molar-refractivity contribution < 1.29 is 4.79 Å². The molecule has 16 heavy (non-hydrogen) atoms. The summed E-state index contributed by atoms with van der Waals surface area (Å²) in [6, 6.07) is 9.71. The third kappa shape index (κ3) is 3.63. The molecule has 0 bridgehead atoms. The van der Waals surface area contributed by atoms with Crippen molar-refractivity contribution in [2.45, 2.75) is 31.0 Å². The fraction of sp³-hybridized carbons (Fsp3) is 0.462. The highest BCUT2D eigenvalue weighted by Gasteiger charge is 2.19. The van der Waals surface area contributed by atoms with Crippen molar-refractivity contribution in [3.8, 4) is 0 Å². The zero-order chi connectivity index (χ0) is 12.0. The summed E-state index contributed by atoms with van der Waals surface area (Å²) in [6.45, 7) is 2.13. The average molecular weight is 284 g/mol. The molecule has 0 aliphatic heterocycles. The number of alkyl halides is 1. The van der Waals surface area contributed by atoms with E-state index in [4.69, 9.17) is 0 Å². The molecule has 0 saturated heterocycles. The molecular formula is C13H18BrNO. The topological polar surface area (TPSA) is 20.3 Å². The number of carbonyl (C=O) groups excluding carboxylic acids is 1. The van der Waals surface area contributed by atoms with Gasteiger partial charge in [-0.1, -0.05) is 53.9 Å². The van der Waals surface area contributed by atoms with Crippen molar-refractivity contribution >= 4 is 27.5 Å². The van der Waals surface area contributed by atoms with Gasteiger partial charge in [-0.05, 0) is 18.6 Å². The fourth-order valence-electron chi connectivity index (χ4n) is 1.50. The Balaban J connectivity index is 2.60. The molecule has 0 N–H and O–H groups in total. The molecule has 1 unspecified atom stereocenters. The van der Waals surface area contributed by atoms with Crippen LogP contribution >= 0.6 is 15.9 Å². The third-order valence-electron chi connectivity index (χ3n) is 2.55. The summed E-state index contributed by atoms with van der Waals surface area (Å²) >= 11 is 3.45. The van der Waals surface area contributed by atoms with Crippen LogP contribution in [0.1, 0.15) is 26.2 Å². The van der Waals surface area contributed by atoms with Crippen molar-refractivity contribution in [3.05, 3.63) is 30.3 Å². The molecule has 0 saturated carbocycles. The van der Waals surface area contributed by atoms with E-state index in [9.17, 15) is 4.79 Å². The van der Waals surface area contributed by atoms with E-state index in [-0.39, 0.29) is 10.7 Å². The normalized spacial score (nSPS) is 12.2. The first kappa shape index (κ1) is 13.2. The van der Waals surface area contributed by atoms with Crippen molar-refractivity contribution in [3.63, 3.8) is 0 Å². The zero-order valence-corrected chi connectivity index (χ0v) is 11.4. The first-order valence-corrected chi connectivity index (χ1v) is 6.55. The zero-order valence-electron chi connectivity index (χ0n) is 9.82. The number of carbonyl (C=O) groups is 1. The number of halogens is 1. The van der Waals surface area contributed by atoms with Gasteiger partial charge in [0.1, 0.15) is 0 Å². The molecular weight excluding hydrogens is 266 g/mol. The largest absolute Gasteiger partial charge is 0.315 e. The second-order valence-corrected chi connectivity index (χ2v) is 4.95. The first-order valence-electron chi connectivity index (χ1n) is 5.63. The van der Waals surface area contributed by atoms with E-state index in [1.54, 1.807) is 4.90 Å². The molecule has 0 fully saturated rings. The minimum Gasteiger partial charge on any atom is -0.315 e. The standard InChI is InChI=1S/C13H18BrNO/c1-3-4-10-12(14)13(16)15(2)11-8-6-5-7-9-11/h5-9,12H,3-4,10H2,1-2H3. The minimum absolute atomic E-state index is 0.0716. The first-order chi connectivity index (χ1) is 7.66. The number of para-hydroxylation sites is 1. The van der Waals surface area contributed by atoms with E-state index in [0.717, 1.165) is 24.9 Å². The van der Waals surface area contributed by atoms with Gasteiger partial charge in [0.15, 0.2) is 0 Å². The molecule has 1 atom stereocenters. The number of anilines is 1. The third-order valence-corrected chi connectivity index (χ3v) is 3.40. The van der Waals surface area contributed by atoms with Gasteiger partial charge in [0, 0.05) is 12.7 Å². The molecule has 0 aliphatic rings. The van der Waals surface area contributed by atoms with E-state index in [0.29, 0.717) is 0 Å². The van der Waals surface area contributed by atoms with Crippen molar-refractivity contribution in [1.82, 2.24) is 0 Å². The number of amides is 1. The maximum atomic E-state index is 12.0. The van der Waals surface area contributed by atoms with Gasteiger partial charge in [-0.3, -0.25) is 4.79 Å². The van der Waals surface area contributed by atoms with Crippen LogP contribution in [0, 0.1) is 0 Å². The molecule has 88 valence electrons. The maximum absolute atomic E-state index is 12.0. The Morgan fingerprint density at radius 2 is 2.00 bits per heavy atom. The molecule has 0 aliphatic carbocycles. The molecule has 0 aromatic heterocycles. The monoisotopic (exact) mass is 283 g/mol. The molecule has 0 spiro atoms. The van der Waals surface area contributed by atoms with E-state index in [2.05, 4.69) is 22.9 Å². The molecule has 0 radical (unpaired) electrons. The highest BCUT2D eigenvalue weighted by Crippen LogP contribution is 2.17. The molecule has 1 aromatic carbocycles. The second kappa shape index (κ2) is 6.69. The summed E-state index contributed by atoms with van der Waals surface area (Å²) < 4.78 is 0. The van der Waals surface area contributed by atoms with Gasteiger partial charge in [0.2, 0.25) is 5.91 Å². The van der Waals surface area contributed by atoms with Crippen LogP contribution in [-0.2, 0) is 4.79 Å². The maximum Gasteiger partial charge on any atom is 0.240 e. The molecule has 3 heteroatoms. The average Bonchev–Trinajstić information content (AvgIpc) is 2.35. The predicted molar refractivity (Wildman–Crippen MR) is 72.1 cm³/mol. The summed E-state index contributed by atoms with van der Waals surface area (Å²) in [5.74, 6) is 0.125. The van der Waals surface area contributed by atoms with Gasteiger partial charge in [0.05, 0.1) is 4.83 Å². The summed E-state index contributed by atoms with van der Waals surface area (Å²) in [4.78, 5) is 13.7. The van der Waals surface area contributed by atoms with Gasteiger partial charge in [-0.15, -0.1) is 0 Å². The number of nitrogens with zero attached hydrogens (tertiary/aromatic N) is 1. The number of hydrogen-bond acceptors (Lipinski definition) is 1. The predicted octanol–water partition coefficient (Wildman–Crippen LogP) is 3.60. The van der Waals surface area contributed by atoms with Crippen LogP contribution in [0.15, 0.2) is 30.3 Å². The van der Waals surface area contributed by atoms with Crippen LogP contribution in [0.25, 0.3) is 0 Å². The number of unbranched alkanes of at least 4 members (excludes halogenated alkanes) is 1. The summed E-state index contributed by atoms with van der Waals surface area (Å²) in [6.07, 6.45) is 3.08. The van der Waals surface area contributed by atoms with Crippen LogP contribution in [0.4, 0.5) is 5.69 Å². The SMILES string of the molecule is CCCCC(Br)C(=O)N(C)c1ccccc1. The van der Waals surface area contributed by atoms with Gasteiger partial charge >= 0.3 is 0 Å². The highest BCUT2D eigenvalue weighted by atomic mass is 79.9. The molecule has 0 heterocycles. The van der Waals surface area contributed by atoms with Gasteiger partial charge in [-0.25, -0.2) is 0 Å². The Kier molecular flexibility index (Phi) is 5.53. The van der Waals surface area contributed by atoms with E-state index in [1.807, 2.05) is 37.4 Å². The Morgan fingerprint density at radius 1 is 1.38 bits per heavy atom. The van der Waals surface area contributed by atoms with Gasteiger partial charge in [0.25, 0.3) is 0 Å². The van der Waals surface area contributed by atoms with Crippen LogP contribution in [0.5, 0.6) is 0 Å².